The number of hydrogen-bond acceptors (Lipinski definition) is 4. The lowest BCUT2D eigenvalue weighted by atomic mass is 10.1. The van der Waals surface area contributed by atoms with Crippen LogP contribution in [0.1, 0.15) is 30.1 Å². The minimum atomic E-state index is -0.502. The molecule has 0 saturated heterocycles. The lowest BCUT2D eigenvalue weighted by Crippen LogP contribution is -1.96. The summed E-state index contributed by atoms with van der Waals surface area (Å²) in [5, 5.41) is 10.4. The first-order valence-corrected chi connectivity index (χ1v) is 5.72. The molecule has 0 aromatic heterocycles. The van der Waals surface area contributed by atoms with Crippen LogP contribution in [0.3, 0.4) is 0 Å². The highest BCUT2D eigenvalue weighted by Gasteiger charge is 2.06. The van der Waals surface area contributed by atoms with Crippen molar-refractivity contribution in [1.29, 1.82) is 0 Å². The molecule has 0 saturated carbocycles. The SMILES string of the molecule is CCCCO/C=C/C(=O)c1ccc([N+](=O)[O-])cc1. The largest absolute Gasteiger partial charge is 0.501 e. The van der Waals surface area contributed by atoms with E-state index in [1.165, 1.54) is 36.6 Å². The van der Waals surface area contributed by atoms with Gasteiger partial charge in [-0.1, -0.05) is 13.3 Å². The molecule has 5 nitrogen and oxygen atoms in total. The number of rotatable bonds is 7. The molecule has 0 N–H and O–H groups in total. The van der Waals surface area contributed by atoms with Gasteiger partial charge in [0.1, 0.15) is 0 Å². The van der Waals surface area contributed by atoms with Crippen LogP contribution >= 0.6 is 0 Å². The van der Waals surface area contributed by atoms with Crippen molar-refractivity contribution in [3.05, 3.63) is 52.3 Å². The van der Waals surface area contributed by atoms with E-state index in [9.17, 15) is 14.9 Å². The molecule has 0 aliphatic carbocycles. The van der Waals surface area contributed by atoms with Gasteiger partial charge in [-0.15, -0.1) is 0 Å². The zero-order valence-electron chi connectivity index (χ0n) is 10.2. The maximum atomic E-state index is 11.6. The van der Waals surface area contributed by atoms with E-state index in [4.69, 9.17) is 4.74 Å². The van der Waals surface area contributed by atoms with E-state index in [2.05, 4.69) is 6.92 Å². The Labute approximate surface area is 105 Å². The summed E-state index contributed by atoms with van der Waals surface area (Å²) in [6, 6.07) is 5.46. The number of ketones is 1. The summed E-state index contributed by atoms with van der Waals surface area (Å²) < 4.78 is 5.12. The minimum absolute atomic E-state index is 0.0327. The highest BCUT2D eigenvalue weighted by atomic mass is 16.6. The van der Waals surface area contributed by atoms with Gasteiger partial charge in [0, 0.05) is 23.8 Å². The normalized spacial score (nSPS) is 10.5. The lowest BCUT2D eigenvalue weighted by molar-refractivity contribution is -0.384. The highest BCUT2D eigenvalue weighted by molar-refractivity contribution is 6.04. The zero-order valence-corrected chi connectivity index (χ0v) is 10.2. The topological polar surface area (TPSA) is 69.4 Å². The molecule has 1 rings (SSSR count). The number of unbranched alkanes of at least 4 members (excludes halogenated alkanes) is 1. The van der Waals surface area contributed by atoms with Crippen LogP contribution in [-0.4, -0.2) is 17.3 Å². The van der Waals surface area contributed by atoms with Gasteiger partial charge in [0.2, 0.25) is 0 Å². The number of allylic oxidation sites excluding steroid dienone is 1. The molecule has 0 aliphatic heterocycles. The molecule has 5 heteroatoms. The number of carbonyl (C=O) groups is 1. The van der Waals surface area contributed by atoms with E-state index < -0.39 is 4.92 Å². The second kappa shape index (κ2) is 7.21. The monoisotopic (exact) mass is 249 g/mol. The average molecular weight is 249 g/mol. The third kappa shape index (κ3) is 4.37. The van der Waals surface area contributed by atoms with E-state index in [-0.39, 0.29) is 11.5 Å². The van der Waals surface area contributed by atoms with Crippen molar-refractivity contribution < 1.29 is 14.5 Å². The van der Waals surface area contributed by atoms with Gasteiger partial charge in [-0.3, -0.25) is 14.9 Å². The van der Waals surface area contributed by atoms with Crippen LogP contribution in [0.2, 0.25) is 0 Å². The van der Waals surface area contributed by atoms with Gasteiger partial charge in [-0.05, 0) is 18.6 Å². The van der Waals surface area contributed by atoms with Crippen molar-refractivity contribution in [1.82, 2.24) is 0 Å². The second-order valence-corrected chi connectivity index (χ2v) is 3.70. The van der Waals surface area contributed by atoms with Crippen LogP contribution in [-0.2, 0) is 4.74 Å². The number of non-ortho nitro benzene ring substituents is 1. The molecule has 0 fully saturated rings. The van der Waals surface area contributed by atoms with Gasteiger partial charge in [-0.25, -0.2) is 0 Å². The number of ether oxygens (including phenoxy) is 1. The quantitative estimate of drug-likeness (QED) is 0.186. The van der Waals surface area contributed by atoms with Crippen molar-refractivity contribution in [3.8, 4) is 0 Å². The van der Waals surface area contributed by atoms with Crippen molar-refractivity contribution >= 4 is 11.5 Å². The van der Waals surface area contributed by atoms with E-state index in [1.54, 1.807) is 0 Å². The molecule has 0 spiro atoms. The Morgan fingerprint density at radius 3 is 2.61 bits per heavy atom. The maximum Gasteiger partial charge on any atom is 0.269 e. The average Bonchev–Trinajstić information content (AvgIpc) is 2.38. The fourth-order valence-electron chi connectivity index (χ4n) is 1.25. The van der Waals surface area contributed by atoms with Crippen molar-refractivity contribution in [2.24, 2.45) is 0 Å². The molecule has 0 atom stereocenters. The standard InChI is InChI=1S/C13H15NO4/c1-2-3-9-18-10-8-13(15)11-4-6-12(7-5-11)14(16)17/h4-8,10H,2-3,9H2,1H3/b10-8+. The molecule has 0 unspecified atom stereocenters. The van der Waals surface area contributed by atoms with Crippen LogP contribution in [0.5, 0.6) is 0 Å². The number of nitrogens with zero attached hydrogens (tertiary/aromatic N) is 1. The smallest absolute Gasteiger partial charge is 0.269 e. The highest BCUT2D eigenvalue weighted by Crippen LogP contribution is 2.12. The Morgan fingerprint density at radius 1 is 1.39 bits per heavy atom. The molecule has 0 heterocycles. The van der Waals surface area contributed by atoms with E-state index in [1.807, 2.05) is 0 Å². The Bertz CT molecular complexity index is 437. The molecule has 0 radical (unpaired) electrons. The van der Waals surface area contributed by atoms with Crippen LogP contribution < -0.4 is 0 Å². The number of hydrogen-bond donors (Lipinski definition) is 0. The van der Waals surface area contributed by atoms with Gasteiger partial charge in [0.05, 0.1) is 17.8 Å². The fraction of sp³-hybridized carbons (Fsp3) is 0.308. The Hall–Kier alpha value is -2.17. The summed E-state index contributed by atoms with van der Waals surface area (Å²) >= 11 is 0. The van der Waals surface area contributed by atoms with Crippen LogP contribution in [0.25, 0.3) is 0 Å². The first kappa shape index (κ1) is 13.9. The predicted molar refractivity (Wildman–Crippen MR) is 67.4 cm³/mol. The first-order valence-electron chi connectivity index (χ1n) is 5.72. The summed E-state index contributed by atoms with van der Waals surface area (Å²) in [5.74, 6) is -0.235. The maximum absolute atomic E-state index is 11.6. The van der Waals surface area contributed by atoms with Crippen molar-refractivity contribution in [3.63, 3.8) is 0 Å². The molecule has 18 heavy (non-hydrogen) atoms. The first-order chi connectivity index (χ1) is 8.65. The Balaban J connectivity index is 2.53. The fourth-order valence-corrected chi connectivity index (χ4v) is 1.25. The molecule has 1 aromatic rings. The van der Waals surface area contributed by atoms with Gasteiger partial charge in [0.25, 0.3) is 5.69 Å². The molecular formula is C13H15NO4. The summed E-state index contributed by atoms with van der Waals surface area (Å²) in [7, 11) is 0. The van der Waals surface area contributed by atoms with Crippen LogP contribution in [0.4, 0.5) is 5.69 Å². The van der Waals surface area contributed by atoms with Gasteiger partial charge < -0.3 is 4.74 Å². The summed E-state index contributed by atoms with van der Waals surface area (Å²) in [5.41, 5.74) is 0.366. The number of nitro groups is 1. The van der Waals surface area contributed by atoms with Crippen molar-refractivity contribution in [2.75, 3.05) is 6.61 Å². The number of benzene rings is 1. The van der Waals surface area contributed by atoms with Crippen LogP contribution in [0, 0.1) is 10.1 Å². The van der Waals surface area contributed by atoms with Gasteiger partial charge >= 0.3 is 0 Å². The second-order valence-electron chi connectivity index (χ2n) is 3.70. The summed E-state index contributed by atoms with van der Waals surface area (Å²) in [6.45, 7) is 2.63. The molecule has 96 valence electrons. The molecule has 1 aromatic carbocycles. The van der Waals surface area contributed by atoms with Gasteiger partial charge in [-0.2, -0.15) is 0 Å². The lowest BCUT2D eigenvalue weighted by Gasteiger charge is -1.98. The molecule has 0 aliphatic rings. The van der Waals surface area contributed by atoms with E-state index in [0.29, 0.717) is 12.2 Å². The van der Waals surface area contributed by atoms with E-state index in [0.717, 1.165) is 12.8 Å². The number of nitro benzene ring substituents is 1. The third-order valence-corrected chi connectivity index (χ3v) is 2.29. The van der Waals surface area contributed by atoms with Crippen LogP contribution in [0.15, 0.2) is 36.6 Å². The van der Waals surface area contributed by atoms with Gasteiger partial charge in [0.15, 0.2) is 5.78 Å². The summed E-state index contributed by atoms with van der Waals surface area (Å²) in [6.07, 6.45) is 4.65. The Morgan fingerprint density at radius 2 is 2.06 bits per heavy atom. The minimum Gasteiger partial charge on any atom is -0.501 e. The Kier molecular flexibility index (Phi) is 5.57. The van der Waals surface area contributed by atoms with E-state index >= 15 is 0 Å². The zero-order chi connectivity index (χ0) is 13.4. The number of carbonyl (C=O) groups excluding carboxylic acids is 1. The predicted octanol–water partition coefficient (Wildman–Crippen LogP) is 3.11. The molecular weight excluding hydrogens is 234 g/mol. The summed E-state index contributed by atoms with van der Waals surface area (Å²) in [4.78, 5) is 21.6. The molecule has 0 bridgehead atoms. The van der Waals surface area contributed by atoms with Crippen molar-refractivity contribution in [2.45, 2.75) is 19.8 Å². The molecule has 0 amide bonds. The third-order valence-electron chi connectivity index (χ3n) is 2.29.